The zero-order chi connectivity index (χ0) is 22.8. The molecule has 1 aliphatic rings. The molecule has 6 heteroatoms. The number of carbonyl (C=O) groups excluding carboxylic acids is 1. The first-order chi connectivity index (χ1) is 15.6. The first-order valence-corrected chi connectivity index (χ1v) is 11.8. The summed E-state index contributed by atoms with van der Waals surface area (Å²) < 4.78 is 11.2. The molecule has 0 radical (unpaired) electrons. The Morgan fingerprint density at radius 3 is 2.69 bits per heavy atom. The van der Waals surface area contributed by atoms with Gasteiger partial charge in [-0.15, -0.1) is 0 Å². The van der Waals surface area contributed by atoms with Crippen LogP contribution in [0.1, 0.15) is 49.3 Å². The summed E-state index contributed by atoms with van der Waals surface area (Å²) in [5.41, 5.74) is 9.42. The molecule has 1 fully saturated rings. The SMILES string of the molecule is CCCOc1cc(CCCOC)cc(CN(C(=O)C(CN)Cc2cccnc2)C2CC2)c1. The van der Waals surface area contributed by atoms with Crippen LogP contribution < -0.4 is 10.5 Å². The lowest BCUT2D eigenvalue weighted by molar-refractivity contribution is -0.136. The minimum atomic E-state index is -0.236. The van der Waals surface area contributed by atoms with Crippen molar-refractivity contribution in [2.45, 2.75) is 58.0 Å². The summed E-state index contributed by atoms with van der Waals surface area (Å²) in [5, 5.41) is 0. The second-order valence-electron chi connectivity index (χ2n) is 8.63. The Morgan fingerprint density at radius 2 is 2.03 bits per heavy atom. The molecule has 1 atom stereocenters. The fraction of sp³-hybridized carbons (Fsp3) is 0.538. The maximum Gasteiger partial charge on any atom is 0.227 e. The molecule has 1 aromatic carbocycles. The molecule has 0 spiro atoms. The van der Waals surface area contributed by atoms with Crippen molar-refractivity contribution in [3.63, 3.8) is 0 Å². The first kappa shape index (κ1) is 24.2. The van der Waals surface area contributed by atoms with Crippen molar-refractivity contribution in [3.8, 4) is 5.75 Å². The first-order valence-electron chi connectivity index (χ1n) is 11.8. The number of carbonyl (C=O) groups is 1. The van der Waals surface area contributed by atoms with Crippen LogP contribution in [0.3, 0.4) is 0 Å². The van der Waals surface area contributed by atoms with Gasteiger partial charge < -0.3 is 20.1 Å². The zero-order valence-electron chi connectivity index (χ0n) is 19.5. The summed E-state index contributed by atoms with van der Waals surface area (Å²) in [4.78, 5) is 19.7. The highest BCUT2D eigenvalue weighted by atomic mass is 16.5. The minimum Gasteiger partial charge on any atom is -0.494 e. The Kier molecular flexibility index (Phi) is 9.50. The lowest BCUT2D eigenvalue weighted by atomic mass is 9.98. The number of aromatic nitrogens is 1. The molecule has 3 rings (SSSR count). The van der Waals surface area contributed by atoms with E-state index in [1.165, 1.54) is 5.56 Å². The molecule has 1 heterocycles. The molecule has 2 aromatic rings. The van der Waals surface area contributed by atoms with Crippen molar-refractivity contribution in [2.24, 2.45) is 11.7 Å². The van der Waals surface area contributed by atoms with E-state index in [2.05, 4.69) is 30.1 Å². The smallest absolute Gasteiger partial charge is 0.227 e. The molecular weight excluding hydrogens is 402 g/mol. The van der Waals surface area contributed by atoms with Gasteiger partial charge in [0.05, 0.1) is 12.5 Å². The van der Waals surface area contributed by atoms with Crippen molar-refractivity contribution in [3.05, 3.63) is 59.4 Å². The quantitative estimate of drug-likeness (QED) is 0.454. The number of nitrogens with two attached hydrogens (primary N) is 1. The van der Waals surface area contributed by atoms with Gasteiger partial charge in [0.2, 0.25) is 5.91 Å². The van der Waals surface area contributed by atoms with Crippen LogP contribution in [0, 0.1) is 5.92 Å². The van der Waals surface area contributed by atoms with E-state index in [0.29, 0.717) is 32.2 Å². The number of nitrogens with zero attached hydrogens (tertiary/aromatic N) is 2. The van der Waals surface area contributed by atoms with Crippen molar-refractivity contribution < 1.29 is 14.3 Å². The Labute approximate surface area is 192 Å². The number of methoxy groups -OCH3 is 1. The average molecular weight is 440 g/mol. The monoisotopic (exact) mass is 439 g/mol. The molecule has 1 unspecified atom stereocenters. The summed E-state index contributed by atoms with van der Waals surface area (Å²) in [5.74, 6) is 0.783. The maximum absolute atomic E-state index is 13.5. The molecule has 1 aliphatic carbocycles. The highest BCUT2D eigenvalue weighted by Crippen LogP contribution is 2.31. The molecular formula is C26H37N3O3. The van der Waals surface area contributed by atoms with Gasteiger partial charge in [-0.25, -0.2) is 0 Å². The number of pyridine rings is 1. The standard InChI is InChI=1S/C26H37N3O3/c1-3-11-32-25-15-20(7-5-12-31-2)13-22(16-25)19-29(24-8-9-24)26(30)23(17-27)14-21-6-4-10-28-18-21/h4,6,10,13,15-16,18,23-24H,3,5,7-9,11-12,14,17,19,27H2,1-2H3. The van der Waals surface area contributed by atoms with Crippen molar-refractivity contribution in [1.29, 1.82) is 0 Å². The van der Waals surface area contributed by atoms with E-state index < -0.39 is 0 Å². The number of ether oxygens (including phenoxy) is 2. The molecule has 1 saturated carbocycles. The largest absolute Gasteiger partial charge is 0.494 e. The van der Waals surface area contributed by atoms with E-state index >= 15 is 0 Å². The third-order valence-corrected chi connectivity index (χ3v) is 5.78. The number of rotatable bonds is 14. The van der Waals surface area contributed by atoms with Crippen molar-refractivity contribution in [1.82, 2.24) is 9.88 Å². The molecule has 0 aliphatic heterocycles. The van der Waals surface area contributed by atoms with Gasteiger partial charge in [0.1, 0.15) is 5.75 Å². The summed E-state index contributed by atoms with van der Waals surface area (Å²) in [6.07, 6.45) is 9.14. The van der Waals surface area contributed by atoms with Crippen LogP contribution in [-0.4, -0.2) is 48.7 Å². The minimum absolute atomic E-state index is 0.139. The third-order valence-electron chi connectivity index (χ3n) is 5.78. The van der Waals surface area contributed by atoms with Gasteiger partial charge >= 0.3 is 0 Å². The molecule has 174 valence electrons. The van der Waals surface area contributed by atoms with Gasteiger partial charge in [-0.1, -0.05) is 19.1 Å². The van der Waals surface area contributed by atoms with Crippen LogP contribution in [0.25, 0.3) is 0 Å². The predicted octanol–water partition coefficient (Wildman–Crippen LogP) is 3.76. The van der Waals surface area contributed by atoms with Gasteiger partial charge in [0.25, 0.3) is 0 Å². The Bertz CT molecular complexity index is 839. The van der Waals surface area contributed by atoms with Crippen LogP contribution >= 0.6 is 0 Å². The molecule has 2 N–H and O–H groups in total. The lowest BCUT2D eigenvalue weighted by Crippen LogP contribution is -2.41. The zero-order valence-corrected chi connectivity index (χ0v) is 19.5. The molecule has 32 heavy (non-hydrogen) atoms. The average Bonchev–Trinajstić information content (AvgIpc) is 3.65. The van der Waals surface area contributed by atoms with Gasteiger partial charge in [0, 0.05) is 45.2 Å². The van der Waals surface area contributed by atoms with E-state index in [1.54, 1.807) is 13.3 Å². The van der Waals surface area contributed by atoms with E-state index in [0.717, 1.165) is 55.6 Å². The van der Waals surface area contributed by atoms with Crippen molar-refractivity contribution >= 4 is 5.91 Å². The third kappa shape index (κ3) is 7.31. The van der Waals surface area contributed by atoms with Gasteiger partial charge in [-0.05, 0) is 73.4 Å². The number of hydrogen-bond donors (Lipinski definition) is 1. The highest BCUT2D eigenvalue weighted by molar-refractivity contribution is 5.80. The summed E-state index contributed by atoms with van der Waals surface area (Å²) in [6, 6.07) is 10.6. The molecule has 1 amide bonds. The topological polar surface area (TPSA) is 77.7 Å². The fourth-order valence-corrected chi connectivity index (χ4v) is 3.97. The van der Waals surface area contributed by atoms with Crippen molar-refractivity contribution in [2.75, 3.05) is 26.9 Å². The summed E-state index contributed by atoms with van der Waals surface area (Å²) in [6.45, 7) is 4.44. The van der Waals surface area contributed by atoms with E-state index in [1.807, 2.05) is 23.2 Å². The number of benzene rings is 1. The maximum atomic E-state index is 13.5. The number of hydrogen-bond acceptors (Lipinski definition) is 5. The fourth-order valence-electron chi connectivity index (χ4n) is 3.97. The Balaban J connectivity index is 1.76. The highest BCUT2D eigenvalue weighted by Gasteiger charge is 2.35. The molecule has 0 saturated heterocycles. The van der Waals surface area contributed by atoms with Crippen LogP contribution in [-0.2, 0) is 28.9 Å². The second-order valence-corrected chi connectivity index (χ2v) is 8.63. The van der Waals surface area contributed by atoms with Crippen LogP contribution in [0.2, 0.25) is 0 Å². The molecule has 0 bridgehead atoms. The number of amides is 1. The van der Waals surface area contributed by atoms with Gasteiger partial charge in [-0.3, -0.25) is 9.78 Å². The lowest BCUT2D eigenvalue weighted by Gasteiger charge is -2.27. The van der Waals surface area contributed by atoms with Crippen LogP contribution in [0.15, 0.2) is 42.7 Å². The normalized spacial score (nSPS) is 14.2. The summed E-state index contributed by atoms with van der Waals surface area (Å²) >= 11 is 0. The van der Waals surface area contributed by atoms with Crippen LogP contribution in [0.5, 0.6) is 5.75 Å². The second kappa shape index (κ2) is 12.6. The van der Waals surface area contributed by atoms with E-state index in [-0.39, 0.29) is 11.8 Å². The summed E-state index contributed by atoms with van der Waals surface area (Å²) in [7, 11) is 1.73. The van der Waals surface area contributed by atoms with Gasteiger partial charge in [-0.2, -0.15) is 0 Å². The van der Waals surface area contributed by atoms with Crippen LogP contribution in [0.4, 0.5) is 0 Å². The molecule has 1 aromatic heterocycles. The molecule has 6 nitrogen and oxygen atoms in total. The predicted molar refractivity (Wildman–Crippen MR) is 126 cm³/mol. The Hall–Kier alpha value is -2.44. The number of aryl methyl sites for hydroxylation is 1. The Morgan fingerprint density at radius 1 is 1.22 bits per heavy atom. The van der Waals surface area contributed by atoms with E-state index in [4.69, 9.17) is 15.2 Å². The van der Waals surface area contributed by atoms with E-state index in [9.17, 15) is 4.79 Å². The van der Waals surface area contributed by atoms with Gasteiger partial charge in [0.15, 0.2) is 0 Å².